The van der Waals surface area contributed by atoms with Gasteiger partial charge in [-0.2, -0.15) is 4.98 Å². The number of hydrogen-bond acceptors (Lipinski definition) is 8. The Morgan fingerprint density at radius 2 is 1.90 bits per heavy atom. The smallest absolute Gasteiger partial charge is 0.256 e. The third-order valence-electron chi connectivity index (χ3n) is 6.60. The molecule has 0 spiro atoms. The first kappa shape index (κ1) is 28.0. The number of nitrogens with zero attached hydrogens (tertiary/aromatic N) is 2. The minimum Gasteiger partial charge on any atom is -0.394 e. The van der Waals surface area contributed by atoms with E-state index in [1.54, 1.807) is 26.0 Å². The number of amides is 2. The summed E-state index contributed by atoms with van der Waals surface area (Å²) in [5.41, 5.74) is 1.92. The van der Waals surface area contributed by atoms with Crippen LogP contribution in [0.4, 0.5) is 17.5 Å². The Kier molecular flexibility index (Phi) is 8.17. The van der Waals surface area contributed by atoms with Crippen LogP contribution in [0, 0.1) is 0 Å². The number of nitrogens with one attached hydrogen (secondary N) is 4. The molecular weight excluding hydrogens is 496 g/mol. The zero-order chi connectivity index (χ0) is 28.2. The maximum absolute atomic E-state index is 13.1. The van der Waals surface area contributed by atoms with Crippen molar-refractivity contribution in [1.82, 2.24) is 20.6 Å². The summed E-state index contributed by atoms with van der Waals surface area (Å²) in [6.07, 6.45) is 2.58. The molecule has 0 bridgehead atoms. The van der Waals surface area contributed by atoms with E-state index in [2.05, 4.69) is 31.2 Å². The average molecular weight is 533 g/mol. The van der Waals surface area contributed by atoms with E-state index < -0.39 is 17.2 Å². The van der Waals surface area contributed by atoms with Gasteiger partial charge in [0, 0.05) is 24.0 Å². The molecule has 1 aliphatic heterocycles. The lowest BCUT2D eigenvalue weighted by atomic mass is 9.94. The van der Waals surface area contributed by atoms with Gasteiger partial charge in [-0.1, -0.05) is 30.3 Å². The van der Waals surface area contributed by atoms with Crippen molar-refractivity contribution in [2.75, 3.05) is 23.8 Å². The van der Waals surface area contributed by atoms with Gasteiger partial charge in [0.25, 0.3) is 11.8 Å². The third kappa shape index (κ3) is 6.90. The van der Waals surface area contributed by atoms with Crippen LogP contribution in [0.3, 0.4) is 0 Å². The van der Waals surface area contributed by atoms with Gasteiger partial charge in [0.2, 0.25) is 5.95 Å². The van der Waals surface area contributed by atoms with Crippen molar-refractivity contribution in [3.63, 3.8) is 0 Å². The Labute approximate surface area is 228 Å². The van der Waals surface area contributed by atoms with Gasteiger partial charge in [0.15, 0.2) is 0 Å². The highest BCUT2D eigenvalue weighted by Gasteiger charge is 2.35. The van der Waals surface area contributed by atoms with E-state index in [1.807, 2.05) is 50.2 Å². The van der Waals surface area contributed by atoms with Gasteiger partial charge >= 0.3 is 0 Å². The maximum Gasteiger partial charge on any atom is 0.256 e. The highest BCUT2D eigenvalue weighted by molar-refractivity contribution is 6.00. The van der Waals surface area contributed by atoms with Crippen LogP contribution in [0.25, 0.3) is 0 Å². The first-order valence-corrected chi connectivity index (χ1v) is 13.0. The summed E-state index contributed by atoms with van der Waals surface area (Å²) in [5, 5.41) is 32.2. The Hall–Kier alpha value is -4.02. The fourth-order valence-corrected chi connectivity index (χ4v) is 4.51. The Morgan fingerprint density at radius 3 is 2.59 bits per heavy atom. The first-order valence-electron chi connectivity index (χ1n) is 13.0. The minimum absolute atomic E-state index is 0.113. The molecule has 10 nitrogen and oxygen atoms in total. The van der Waals surface area contributed by atoms with Crippen molar-refractivity contribution in [2.24, 2.45) is 0 Å². The number of benzene rings is 2. The summed E-state index contributed by atoms with van der Waals surface area (Å²) < 4.78 is 0. The number of carbonyl (C=O) groups excluding carboxylic acids is 2. The predicted octanol–water partition coefficient (Wildman–Crippen LogP) is 3.63. The van der Waals surface area contributed by atoms with Gasteiger partial charge in [-0.3, -0.25) is 9.59 Å². The van der Waals surface area contributed by atoms with Crippen LogP contribution in [0.2, 0.25) is 0 Å². The summed E-state index contributed by atoms with van der Waals surface area (Å²) in [7, 11) is 0. The van der Waals surface area contributed by atoms with E-state index in [0.29, 0.717) is 30.6 Å². The molecule has 0 aliphatic carbocycles. The van der Waals surface area contributed by atoms with Gasteiger partial charge < -0.3 is 31.5 Å². The predicted molar refractivity (Wildman–Crippen MR) is 150 cm³/mol. The lowest BCUT2D eigenvalue weighted by molar-refractivity contribution is 0.0679. The fraction of sp³-hybridized carbons (Fsp3) is 0.379. The molecule has 1 aliphatic rings. The van der Waals surface area contributed by atoms with E-state index in [0.717, 1.165) is 11.1 Å². The van der Waals surface area contributed by atoms with Gasteiger partial charge in [0.05, 0.1) is 23.8 Å². The number of rotatable bonds is 11. The van der Waals surface area contributed by atoms with Crippen LogP contribution >= 0.6 is 0 Å². The number of aromatic nitrogens is 2. The number of aliphatic hydroxyl groups is 2. The van der Waals surface area contributed by atoms with Crippen LogP contribution in [0.1, 0.15) is 78.4 Å². The van der Waals surface area contributed by atoms with Gasteiger partial charge in [-0.25, -0.2) is 4.98 Å². The average Bonchev–Trinajstić information content (AvgIpc) is 3.12. The van der Waals surface area contributed by atoms with Gasteiger partial charge in [0.1, 0.15) is 11.4 Å². The maximum atomic E-state index is 13.1. The van der Waals surface area contributed by atoms with E-state index in [1.165, 1.54) is 6.20 Å². The Morgan fingerprint density at radius 1 is 1.15 bits per heavy atom. The van der Waals surface area contributed by atoms with Crippen molar-refractivity contribution in [1.29, 1.82) is 0 Å². The summed E-state index contributed by atoms with van der Waals surface area (Å²) in [4.78, 5) is 34.3. The molecule has 10 heteroatoms. The molecule has 6 N–H and O–H groups in total. The molecule has 0 saturated carbocycles. The van der Waals surface area contributed by atoms with Crippen molar-refractivity contribution in [2.45, 2.75) is 57.7 Å². The molecule has 0 saturated heterocycles. The highest BCUT2D eigenvalue weighted by Crippen LogP contribution is 2.33. The molecule has 1 aromatic heterocycles. The van der Waals surface area contributed by atoms with Gasteiger partial charge in [-0.15, -0.1) is 0 Å². The molecule has 3 aromatic rings. The molecular formula is C29H36N6O4. The quantitative estimate of drug-likeness (QED) is 0.205. The number of anilines is 3. The second-order valence-electron chi connectivity index (χ2n) is 10.9. The first-order chi connectivity index (χ1) is 18.5. The summed E-state index contributed by atoms with van der Waals surface area (Å²) in [6.45, 7) is 7.49. The second kappa shape index (κ2) is 11.4. The van der Waals surface area contributed by atoms with Crippen molar-refractivity contribution in [3.05, 3.63) is 77.0 Å². The summed E-state index contributed by atoms with van der Waals surface area (Å²) in [6, 6.07) is 14.3. The molecule has 2 aromatic carbocycles. The second-order valence-corrected chi connectivity index (χ2v) is 10.9. The largest absolute Gasteiger partial charge is 0.394 e. The van der Waals surface area contributed by atoms with E-state index in [-0.39, 0.29) is 35.8 Å². The zero-order valence-corrected chi connectivity index (χ0v) is 22.7. The molecule has 4 rings (SSSR count). The van der Waals surface area contributed by atoms with E-state index in [4.69, 9.17) is 0 Å². The Balaban J connectivity index is 1.60. The van der Waals surface area contributed by atoms with Crippen LogP contribution in [0.5, 0.6) is 0 Å². The molecule has 1 atom stereocenters. The summed E-state index contributed by atoms with van der Waals surface area (Å²) in [5.74, 6) is 0.0242. The number of hydrogen-bond donors (Lipinski definition) is 6. The number of aliphatic hydroxyl groups excluding tert-OH is 1. The minimum atomic E-state index is -0.811. The molecule has 39 heavy (non-hydrogen) atoms. The highest BCUT2D eigenvalue weighted by atomic mass is 16.3. The van der Waals surface area contributed by atoms with Crippen LogP contribution in [-0.2, 0) is 5.54 Å². The number of carbonyl (C=O) groups is 2. The van der Waals surface area contributed by atoms with Crippen LogP contribution in [-0.4, -0.2) is 50.7 Å². The van der Waals surface area contributed by atoms with E-state index in [9.17, 15) is 19.8 Å². The van der Waals surface area contributed by atoms with Crippen LogP contribution < -0.4 is 21.3 Å². The normalized spacial score (nSPS) is 14.8. The lowest BCUT2D eigenvalue weighted by Gasteiger charge is -2.21. The van der Waals surface area contributed by atoms with Crippen molar-refractivity contribution < 1.29 is 19.8 Å². The molecule has 2 heterocycles. The third-order valence-corrected chi connectivity index (χ3v) is 6.60. The SMILES string of the molecule is CC(C)(O)CCCNC(=O)c1cnc(Nc2ccc3c(c2)C(C)(C)NC3=O)nc1N[C@H](CO)c1ccccc1. The number of fused-ring (bicyclic) bond motifs is 1. The molecule has 2 amide bonds. The molecule has 0 unspecified atom stereocenters. The van der Waals surface area contributed by atoms with E-state index >= 15 is 0 Å². The Bertz CT molecular complexity index is 1340. The standard InChI is InChI=1S/C29H36N6O4/c1-28(2,39)13-8-14-30-25(37)21-16-31-27(34-24(21)33-23(17-36)18-9-6-5-7-10-18)32-19-11-12-20-22(15-19)29(3,4)35-26(20)38/h5-7,9-12,15-16,23,36,39H,8,13-14,17H2,1-4H3,(H,30,37)(H,35,38)(H2,31,32,33,34)/t23-/m1/s1. The zero-order valence-electron chi connectivity index (χ0n) is 22.7. The molecule has 206 valence electrons. The van der Waals surface area contributed by atoms with Crippen molar-refractivity contribution >= 4 is 29.3 Å². The van der Waals surface area contributed by atoms with Crippen LogP contribution in [0.15, 0.2) is 54.7 Å². The van der Waals surface area contributed by atoms with Gasteiger partial charge in [-0.05, 0) is 69.9 Å². The summed E-state index contributed by atoms with van der Waals surface area (Å²) >= 11 is 0. The molecule has 0 fully saturated rings. The topological polar surface area (TPSA) is 148 Å². The molecule has 0 radical (unpaired) electrons. The monoisotopic (exact) mass is 532 g/mol. The van der Waals surface area contributed by atoms with Crippen molar-refractivity contribution in [3.8, 4) is 0 Å². The lowest BCUT2D eigenvalue weighted by Crippen LogP contribution is -2.32. The fourth-order valence-electron chi connectivity index (χ4n) is 4.51.